The number of benzene rings is 2. The molecule has 2 aromatic carbocycles. The lowest BCUT2D eigenvalue weighted by atomic mass is 10.1. The third-order valence-corrected chi connectivity index (χ3v) is 8.10. The van der Waals surface area contributed by atoms with Gasteiger partial charge < -0.3 is 15.4 Å². The molecule has 0 bridgehead atoms. The molecule has 9 heteroatoms. The van der Waals surface area contributed by atoms with Crippen molar-refractivity contribution in [3.63, 3.8) is 0 Å². The maximum absolute atomic E-state index is 13.4. The van der Waals surface area contributed by atoms with Crippen molar-refractivity contribution in [2.24, 2.45) is 0 Å². The monoisotopic (exact) mass is 434 g/mol. The minimum absolute atomic E-state index is 0.0683. The fourth-order valence-corrected chi connectivity index (χ4v) is 6.00. The van der Waals surface area contributed by atoms with Gasteiger partial charge >= 0.3 is 0 Å². The quantitative estimate of drug-likeness (QED) is 0.767. The van der Waals surface area contributed by atoms with Gasteiger partial charge in [-0.05, 0) is 55.3 Å². The number of ether oxygens (including phenoxy) is 1. The number of hydrogen-bond acceptors (Lipinski definition) is 5. The van der Waals surface area contributed by atoms with Crippen molar-refractivity contribution in [2.75, 3.05) is 17.2 Å². The van der Waals surface area contributed by atoms with Gasteiger partial charge in [-0.2, -0.15) is 0 Å². The van der Waals surface area contributed by atoms with Crippen molar-refractivity contribution in [3.8, 4) is 5.75 Å². The number of rotatable bonds is 4. The molecule has 1 aliphatic carbocycles. The summed E-state index contributed by atoms with van der Waals surface area (Å²) in [6, 6.07) is 10.7. The molecule has 1 aliphatic heterocycles. The second kappa shape index (κ2) is 7.35. The van der Waals surface area contributed by atoms with Crippen molar-refractivity contribution in [2.45, 2.75) is 35.3 Å². The summed E-state index contributed by atoms with van der Waals surface area (Å²) >= 11 is 5.88. The number of nitrogens with one attached hydrogen (secondary N) is 2. The molecule has 1 fully saturated rings. The third-order valence-electron chi connectivity index (χ3n) is 5.33. The molecule has 2 aliphatic rings. The van der Waals surface area contributed by atoms with E-state index in [1.807, 2.05) is 0 Å². The summed E-state index contributed by atoms with van der Waals surface area (Å²) in [4.78, 5) is 24.8. The van der Waals surface area contributed by atoms with Gasteiger partial charge in [-0.1, -0.05) is 24.4 Å². The zero-order valence-electron chi connectivity index (χ0n) is 15.4. The summed E-state index contributed by atoms with van der Waals surface area (Å²) in [6.07, 6.45) is 1.78. The van der Waals surface area contributed by atoms with Crippen LogP contribution in [-0.4, -0.2) is 31.6 Å². The summed E-state index contributed by atoms with van der Waals surface area (Å²) in [5, 5.41) is 5.82. The Hall–Kier alpha value is -2.58. The highest BCUT2D eigenvalue weighted by molar-refractivity contribution is 7.93. The fourth-order valence-electron chi connectivity index (χ4n) is 3.81. The van der Waals surface area contributed by atoms with Crippen LogP contribution in [0.5, 0.6) is 5.75 Å². The highest BCUT2D eigenvalue weighted by Gasteiger charge is 2.53. The molecule has 7 nitrogen and oxygen atoms in total. The molecule has 29 heavy (non-hydrogen) atoms. The zero-order valence-corrected chi connectivity index (χ0v) is 17.0. The van der Waals surface area contributed by atoms with E-state index in [4.69, 9.17) is 16.3 Å². The van der Waals surface area contributed by atoms with Gasteiger partial charge in [0.1, 0.15) is 5.75 Å². The first-order valence-electron chi connectivity index (χ1n) is 9.20. The van der Waals surface area contributed by atoms with E-state index >= 15 is 0 Å². The molecule has 1 saturated carbocycles. The minimum Gasteiger partial charge on any atom is -0.482 e. The van der Waals surface area contributed by atoms with Crippen LogP contribution in [0.2, 0.25) is 5.02 Å². The molecule has 2 amide bonds. The number of carbonyl (C=O) groups excluding carboxylic acids is 2. The second-order valence-electron chi connectivity index (χ2n) is 7.16. The van der Waals surface area contributed by atoms with Gasteiger partial charge in [0.25, 0.3) is 5.91 Å². The Morgan fingerprint density at radius 3 is 2.48 bits per heavy atom. The molecule has 2 N–H and O–H groups in total. The van der Waals surface area contributed by atoms with Crippen LogP contribution in [0.3, 0.4) is 0 Å². The lowest BCUT2D eigenvalue weighted by molar-refractivity contribution is -0.119. The van der Waals surface area contributed by atoms with E-state index in [0.717, 1.165) is 0 Å². The van der Waals surface area contributed by atoms with Gasteiger partial charge in [0, 0.05) is 10.7 Å². The van der Waals surface area contributed by atoms with Gasteiger partial charge in [0.15, 0.2) is 21.2 Å². The number of carbonyl (C=O) groups is 2. The summed E-state index contributed by atoms with van der Waals surface area (Å²) in [5.41, 5.74) is 0.817. The van der Waals surface area contributed by atoms with Crippen LogP contribution in [-0.2, 0) is 19.4 Å². The molecular formula is C20H19ClN2O5S. The Kier molecular flexibility index (Phi) is 5.00. The van der Waals surface area contributed by atoms with Crippen LogP contribution in [0.1, 0.15) is 25.7 Å². The second-order valence-corrected chi connectivity index (χ2v) is 9.86. The van der Waals surface area contributed by atoms with Gasteiger partial charge in [0.2, 0.25) is 5.91 Å². The number of fused-ring (bicyclic) bond motifs is 1. The number of anilines is 2. The van der Waals surface area contributed by atoms with Crippen LogP contribution < -0.4 is 15.4 Å². The van der Waals surface area contributed by atoms with Gasteiger partial charge in [-0.25, -0.2) is 8.42 Å². The molecule has 0 unspecified atom stereocenters. The van der Waals surface area contributed by atoms with E-state index in [2.05, 4.69) is 10.6 Å². The number of sulfone groups is 1. The van der Waals surface area contributed by atoms with Gasteiger partial charge in [-0.3, -0.25) is 9.59 Å². The first-order valence-corrected chi connectivity index (χ1v) is 11.1. The fraction of sp³-hybridized carbons (Fsp3) is 0.300. The van der Waals surface area contributed by atoms with Crippen LogP contribution in [0.15, 0.2) is 47.4 Å². The number of halogens is 1. The summed E-state index contributed by atoms with van der Waals surface area (Å²) in [5.74, 6) is -0.376. The van der Waals surface area contributed by atoms with Crippen LogP contribution in [0.4, 0.5) is 11.4 Å². The summed E-state index contributed by atoms with van der Waals surface area (Å²) in [7, 11) is -3.93. The normalized spacial score (nSPS) is 17.8. The van der Waals surface area contributed by atoms with Crippen LogP contribution in [0, 0.1) is 0 Å². The van der Waals surface area contributed by atoms with Crippen molar-refractivity contribution in [1.82, 2.24) is 0 Å². The standard InChI is InChI=1S/C20H19ClN2O5S/c21-13-3-6-15(7-4-13)29(26,27)20(9-1-2-10-20)19(25)22-14-5-8-17-16(11-14)23-18(24)12-28-17/h3-8,11H,1-2,9-10,12H2,(H,22,25)(H,23,24). The van der Waals surface area contributed by atoms with Crippen LogP contribution in [0.25, 0.3) is 0 Å². The Bertz CT molecular complexity index is 1080. The molecular weight excluding hydrogens is 416 g/mol. The average molecular weight is 435 g/mol. The SMILES string of the molecule is O=C1COc2ccc(NC(=O)C3(S(=O)(=O)c4ccc(Cl)cc4)CCCC3)cc2N1. The lowest BCUT2D eigenvalue weighted by Gasteiger charge is -2.28. The molecule has 0 spiro atoms. The molecule has 0 saturated heterocycles. The molecule has 0 aromatic heterocycles. The predicted octanol–water partition coefficient (Wildman–Crippen LogP) is 3.40. The molecule has 1 heterocycles. The summed E-state index contributed by atoms with van der Waals surface area (Å²) in [6.45, 7) is -0.0683. The number of hydrogen-bond donors (Lipinski definition) is 2. The molecule has 0 radical (unpaired) electrons. The first-order chi connectivity index (χ1) is 13.8. The Morgan fingerprint density at radius 1 is 1.10 bits per heavy atom. The molecule has 2 aromatic rings. The van der Waals surface area contributed by atoms with Crippen molar-refractivity contribution < 1.29 is 22.7 Å². The van der Waals surface area contributed by atoms with Crippen molar-refractivity contribution >= 4 is 44.6 Å². The zero-order chi connectivity index (χ0) is 20.6. The van der Waals surface area contributed by atoms with E-state index in [1.165, 1.54) is 24.3 Å². The third kappa shape index (κ3) is 3.47. The topological polar surface area (TPSA) is 102 Å². The Labute approximate surface area is 173 Å². The predicted molar refractivity (Wildman–Crippen MR) is 109 cm³/mol. The molecule has 4 rings (SSSR count). The average Bonchev–Trinajstić information content (AvgIpc) is 3.20. The van der Waals surface area contributed by atoms with E-state index < -0.39 is 20.5 Å². The van der Waals surface area contributed by atoms with Gasteiger partial charge in [0.05, 0.1) is 10.6 Å². The van der Waals surface area contributed by atoms with Crippen LogP contribution >= 0.6 is 11.6 Å². The van der Waals surface area contributed by atoms with Gasteiger partial charge in [-0.15, -0.1) is 0 Å². The van der Waals surface area contributed by atoms with E-state index in [9.17, 15) is 18.0 Å². The molecule has 0 atom stereocenters. The lowest BCUT2D eigenvalue weighted by Crippen LogP contribution is -2.47. The highest BCUT2D eigenvalue weighted by atomic mass is 35.5. The number of amides is 2. The van der Waals surface area contributed by atoms with Crippen molar-refractivity contribution in [1.29, 1.82) is 0 Å². The summed E-state index contributed by atoms with van der Waals surface area (Å²) < 4.78 is 30.5. The largest absolute Gasteiger partial charge is 0.482 e. The Morgan fingerprint density at radius 2 is 1.79 bits per heavy atom. The first kappa shape index (κ1) is 19.7. The minimum atomic E-state index is -3.93. The van der Waals surface area contributed by atoms with E-state index in [-0.39, 0.29) is 30.3 Å². The maximum atomic E-state index is 13.4. The smallest absolute Gasteiger partial charge is 0.262 e. The molecule has 152 valence electrons. The Balaban J connectivity index is 1.65. The highest BCUT2D eigenvalue weighted by Crippen LogP contribution is 2.42. The van der Waals surface area contributed by atoms with E-state index in [1.54, 1.807) is 18.2 Å². The maximum Gasteiger partial charge on any atom is 0.262 e. The van der Waals surface area contributed by atoms with E-state index in [0.29, 0.717) is 35.0 Å². The van der Waals surface area contributed by atoms with Crippen molar-refractivity contribution in [3.05, 3.63) is 47.5 Å².